The highest BCUT2D eigenvalue weighted by atomic mass is 35.5. The highest BCUT2D eigenvalue weighted by Crippen LogP contribution is 2.26. The van der Waals surface area contributed by atoms with Gasteiger partial charge in [-0.2, -0.15) is 5.10 Å². The van der Waals surface area contributed by atoms with Gasteiger partial charge in [0.05, 0.1) is 11.4 Å². The first-order valence-electron chi connectivity index (χ1n) is 10.2. The minimum atomic E-state index is -0.656. The molecule has 4 rings (SSSR count). The lowest BCUT2D eigenvalue weighted by Gasteiger charge is -2.17. The third-order valence-electron chi connectivity index (χ3n) is 5.08. The Balaban J connectivity index is 1.61. The number of nitrogens with two attached hydrogens (primary N) is 1. The number of hydrogen-bond acceptors (Lipinski definition) is 3. The molecular formula is C25H22ClN5O2. The Bertz CT molecular complexity index is 1270. The molecule has 0 spiro atoms. The fourth-order valence-corrected chi connectivity index (χ4v) is 3.60. The Morgan fingerprint density at radius 1 is 1.00 bits per heavy atom. The van der Waals surface area contributed by atoms with E-state index in [1.165, 1.54) is 0 Å². The fraction of sp³-hybridized carbons (Fsp3) is 0.0800. The Morgan fingerprint density at radius 2 is 1.67 bits per heavy atom. The van der Waals surface area contributed by atoms with Crippen LogP contribution in [-0.4, -0.2) is 33.7 Å². The predicted molar refractivity (Wildman–Crippen MR) is 129 cm³/mol. The maximum Gasteiger partial charge on any atom is 0.316 e. The number of halogens is 1. The number of benzene rings is 3. The van der Waals surface area contributed by atoms with E-state index in [0.29, 0.717) is 22.8 Å². The van der Waals surface area contributed by atoms with Crippen molar-refractivity contribution in [1.82, 2.24) is 14.7 Å². The van der Waals surface area contributed by atoms with E-state index in [9.17, 15) is 9.59 Å². The van der Waals surface area contributed by atoms with Crippen LogP contribution < -0.4 is 11.1 Å². The van der Waals surface area contributed by atoms with Crippen molar-refractivity contribution in [3.8, 4) is 16.9 Å². The van der Waals surface area contributed by atoms with Crippen LogP contribution in [-0.2, 0) is 6.54 Å². The van der Waals surface area contributed by atoms with Crippen LogP contribution in [0, 0.1) is 0 Å². The molecule has 0 unspecified atom stereocenters. The molecule has 0 bridgehead atoms. The Kier molecular flexibility index (Phi) is 6.42. The molecule has 8 heteroatoms. The summed E-state index contributed by atoms with van der Waals surface area (Å²) in [5.74, 6) is -0.157. The summed E-state index contributed by atoms with van der Waals surface area (Å²) < 4.78 is 1.81. The molecular weight excluding hydrogens is 438 g/mol. The maximum absolute atomic E-state index is 13.0. The molecule has 3 N–H and O–H groups in total. The van der Waals surface area contributed by atoms with Crippen molar-refractivity contribution in [1.29, 1.82) is 0 Å². The zero-order valence-corrected chi connectivity index (χ0v) is 18.7. The van der Waals surface area contributed by atoms with E-state index in [0.717, 1.165) is 22.5 Å². The van der Waals surface area contributed by atoms with Crippen LogP contribution >= 0.6 is 11.6 Å². The number of nitrogens with one attached hydrogen (secondary N) is 1. The second kappa shape index (κ2) is 9.58. The molecule has 0 aliphatic heterocycles. The van der Waals surface area contributed by atoms with Gasteiger partial charge in [0.2, 0.25) is 0 Å². The number of rotatable bonds is 6. The van der Waals surface area contributed by atoms with Crippen LogP contribution in [0.3, 0.4) is 0 Å². The van der Waals surface area contributed by atoms with Gasteiger partial charge in [0.1, 0.15) is 0 Å². The van der Waals surface area contributed by atoms with Crippen molar-refractivity contribution in [2.75, 3.05) is 12.4 Å². The monoisotopic (exact) mass is 459 g/mol. The Hall–Kier alpha value is -4.10. The molecule has 4 aromatic rings. The fourth-order valence-electron chi connectivity index (χ4n) is 3.48. The number of anilines is 1. The first kappa shape index (κ1) is 22.1. The van der Waals surface area contributed by atoms with Crippen molar-refractivity contribution in [2.24, 2.45) is 5.73 Å². The number of hydrogen-bond donors (Lipinski definition) is 2. The van der Waals surface area contributed by atoms with Gasteiger partial charge in [-0.15, -0.1) is 0 Å². The minimum Gasteiger partial charge on any atom is -0.351 e. The van der Waals surface area contributed by atoms with Gasteiger partial charge in [0.15, 0.2) is 0 Å². The molecule has 1 heterocycles. The number of urea groups is 1. The summed E-state index contributed by atoms with van der Waals surface area (Å²) in [6.07, 6.45) is 1.93. The highest BCUT2D eigenvalue weighted by molar-refractivity contribution is 6.30. The van der Waals surface area contributed by atoms with E-state index in [1.54, 1.807) is 36.2 Å². The lowest BCUT2D eigenvalue weighted by molar-refractivity contribution is 0.0785. The smallest absolute Gasteiger partial charge is 0.316 e. The van der Waals surface area contributed by atoms with E-state index in [-0.39, 0.29) is 5.91 Å². The van der Waals surface area contributed by atoms with Crippen LogP contribution in [0.1, 0.15) is 15.9 Å². The molecule has 0 aliphatic rings. The van der Waals surface area contributed by atoms with E-state index >= 15 is 0 Å². The number of primary amides is 1. The van der Waals surface area contributed by atoms with Gasteiger partial charge >= 0.3 is 6.03 Å². The number of carbonyl (C=O) groups is 2. The van der Waals surface area contributed by atoms with E-state index in [1.807, 2.05) is 65.5 Å². The summed E-state index contributed by atoms with van der Waals surface area (Å²) in [7, 11) is 1.74. The van der Waals surface area contributed by atoms with E-state index in [4.69, 9.17) is 22.4 Å². The zero-order chi connectivity index (χ0) is 23.4. The first-order valence-corrected chi connectivity index (χ1v) is 10.6. The van der Waals surface area contributed by atoms with Crippen molar-refractivity contribution >= 4 is 29.2 Å². The number of aromatic nitrogens is 2. The molecule has 0 saturated heterocycles. The molecule has 3 amide bonds. The lowest BCUT2D eigenvalue weighted by Crippen LogP contribution is -2.26. The third kappa shape index (κ3) is 5.22. The average molecular weight is 460 g/mol. The lowest BCUT2D eigenvalue weighted by atomic mass is 10.1. The second-order valence-corrected chi connectivity index (χ2v) is 7.95. The van der Waals surface area contributed by atoms with Crippen molar-refractivity contribution < 1.29 is 9.59 Å². The van der Waals surface area contributed by atoms with Gasteiger partial charge in [-0.25, -0.2) is 9.48 Å². The zero-order valence-electron chi connectivity index (χ0n) is 17.9. The first-order chi connectivity index (χ1) is 15.9. The van der Waals surface area contributed by atoms with Crippen LogP contribution in [0.4, 0.5) is 10.5 Å². The predicted octanol–water partition coefficient (Wildman–Crippen LogP) is 4.96. The summed E-state index contributed by atoms with van der Waals surface area (Å²) in [6, 6.07) is 23.2. The molecule has 33 heavy (non-hydrogen) atoms. The van der Waals surface area contributed by atoms with E-state index < -0.39 is 6.03 Å². The topological polar surface area (TPSA) is 93.2 Å². The van der Waals surface area contributed by atoms with Crippen LogP contribution in [0.15, 0.2) is 85.1 Å². The molecule has 1 aromatic heterocycles. The summed E-state index contributed by atoms with van der Waals surface area (Å²) >= 11 is 6.06. The largest absolute Gasteiger partial charge is 0.351 e. The SMILES string of the molecule is CN(Cc1cn(-c2ccccc2)nc1-c1ccc(Cl)cc1)C(=O)c1ccc(NC(N)=O)cc1. The van der Waals surface area contributed by atoms with Crippen molar-refractivity contribution in [3.05, 3.63) is 101 Å². The van der Waals surface area contributed by atoms with Crippen molar-refractivity contribution in [2.45, 2.75) is 6.54 Å². The number of amides is 3. The number of para-hydroxylation sites is 1. The van der Waals surface area contributed by atoms with Gasteiger partial charge in [-0.3, -0.25) is 4.79 Å². The average Bonchev–Trinajstić information content (AvgIpc) is 3.23. The molecule has 3 aromatic carbocycles. The molecule has 7 nitrogen and oxygen atoms in total. The third-order valence-corrected chi connectivity index (χ3v) is 5.33. The van der Waals surface area contributed by atoms with Gasteiger partial charge in [0, 0.05) is 47.2 Å². The molecule has 166 valence electrons. The standard InChI is InChI=1S/C25H22ClN5O2/c1-30(24(32)18-9-13-21(14-10-18)28-25(27)33)15-19-16-31(22-5-3-2-4-6-22)29-23(19)17-7-11-20(26)12-8-17/h2-14,16H,15H2,1H3,(H3,27,28,33). The minimum absolute atomic E-state index is 0.157. The molecule has 0 radical (unpaired) electrons. The highest BCUT2D eigenvalue weighted by Gasteiger charge is 2.18. The summed E-state index contributed by atoms with van der Waals surface area (Å²) in [5.41, 5.74) is 9.65. The van der Waals surface area contributed by atoms with Crippen molar-refractivity contribution in [3.63, 3.8) is 0 Å². The normalized spacial score (nSPS) is 10.6. The Labute approximate surface area is 196 Å². The molecule has 0 atom stereocenters. The van der Waals surface area contributed by atoms with Gasteiger partial charge in [-0.1, -0.05) is 41.9 Å². The molecule has 0 fully saturated rings. The van der Waals surface area contributed by atoms with Gasteiger partial charge < -0.3 is 16.0 Å². The maximum atomic E-state index is 13.0. The van der Waals surface area contributed by atoms with Crippen LogP contribution in [0.2, 0.25) is 5.02 Å². The quantitative estimate of drug-likeness (QED) is 0.427. The van der Waals surface area contributed by atoms with Gasteiger partial charge in [-0.05, 0) is 48.5 Å². The van der Waals surface area contributed by atoms with Gasteiger partial charge in [0.25, 0.3) is 5.91 Å². The number of nitrogens with zero attached hydrogens (tertiary/aromatic N) is 3. The van der Waals surface area contributed by atoms with Crippen LogP contribution in [0.5, 0.6) is 0 Å². The summed E-state index contributed by atoms with van der Waals surface area (Å²) in [5, 5.41) is 7.91. The summed E-state index contributed by atoms with van der Waals surface area (Å²) in [4.78, 5) is 25.6. The number of carbonyl (C=O) groups excluding carboxylic acids is 2. The Morgan fingerprint density at radius 3 is 2.30 bits per heavy atom. The van der Waals surface area contributed by atoms with E-state index in [2.05, 4.69) is 5.32 Å². The summed E-state index contributed by atoms with van der Waals surface area (Å²) in [6.45, 7) is 0.352. The molecule has 0 saturated carbocycles. The second-order valence-electron chi connectivity index (χ2n) is 7.52. The van der Waals surface area contributed by atoms with Crippen LogP contribution in [0.25, 0.3) is 16.9 Å². The molecule has 0 aliphatic carbocycles.